The first-order valence-electron chi connectivity index (χ1n) is 4.90. The number of H-pyrrole nitrogens is 1. The van der Waals surface area contributed by atoms with Crippen LogP contribution in [0.15, 0.2) is 48.9 Å². The molecule has 0 bridgehead atoms. The van der Waals surface area contributed by atoms with Crippen molar-refractivity contribution >= 4 is 0 Å². The number of benzene rings is 1. The van der Waals surface area contributed by atoms with Crippen molar-refractivity contribution in [3.63, 3.8) is 0 Å². The predicted molar refractivity (Wildman–Crippen MR) is 58.9 cm³/mol. The highest BCUT2D eigenvalue weighted by Gasteiger charge is 2.04. The Morgan fingerprint density at radius 1 is 1.06 bits per heavy atom. The van der Waals surface area contributed by atoms with Gasteiger partial charge in [0.25, 0.3) is 0 Å². The van der Waals surface area contributed by atoms with Gasteiger partial charge in [-0.1, -0.05) is 18.2 Å². The summed E-state index contributed by atoms with van der Waals surface area (Å²) in [7, 11) is 0. The molecule has 2 heterocycles. The fourth-order valence-corrected chi connectivity index (χ4v) is 1.52. The lowest BCUT2D eigenvalue weighted by molar-refractivity contribution is 0.880. The third kappa shape index (κ3) is 1.48. The molecule has 0 unspecified atom stereocenters. The van der Waals surface area contributed by atoms with Gasteiger partial charge in [0.2, 0.25) is 0 Å². The van der Waals surface area contributed by atoms with Gasteiger partial charge in [0, 0.05) is 11.8 Å². The normalized spacial score (nSPS) is 10.5. The maximum Gasteiger partial charge on any atom is 0.115 e. The molecule has 3 aromatic rings. The molecule has 0 aliphatic rings. The van der Waals surface area contributed by atoms with Gasteiger partial charge in [-0.2, -0.15) is 20.5 Å². The highest BCUT2D eigenvalue weighted by molar-refractivity contribution is 5.55. The molecule has 5 heteroatoms. The Kier molecular flexibility index (Phi) is 2.00. The average Bonchev–Trinajstić information content (AvgIpc) is 3.01. The van der Waals surface area contributed by atoms with Crippen LogP contribution in [-0.2, 0) is 0 Å². The van der Waals surface area contributed by atoms with E-state index in [1.807, 2.05) is 41.2 Å². The number of para-hydroxylation sites is 1. The maximum absolute atomic E-state index is 4.28. The minimum atomic E-state index is 0.794. The Morgan fingerprint density at radius 3 is 2.69 bits per heavy atom. The van der Waals surface area contributed by atoms with E-state index in [2.05, 4.69) is 20.5 Å². The lowest BCUT2D eigenvalue weighted by Crippen LogP contribution is -1.92. The zero-order chi connectivity index (χ0) is 10.8. The van der Waals surface area contributed by atoms with Crippen LogP contribution >= 0.6 is 0 Å². The lowest BCUT2D eigenvalue weighted by Gasteiger charge is -1.98. The Bertz CT molecular complexity index is 567. The fraction of sp³-hybridized carbons (Fsp3) is 0. The smallest absolute Gasteiger partial charge is 0.115 e. The summed E-state index contributed by atoms with van der Waals surface area (Å²) in [6.07, 6.45) is 5.37. The van der Waals surface area contributed by atoms with Gasteiger partial charge in [-0.05, 0) is 12.1 Å². The van der Waals surface area contributed by atoms with E-state index in [0.717, 1.165) is 16.9 Å². The second kappa shape index (κ2) is 3.62. The number of hydrogen-bond acceptors (Lipinski definition) is 3. The van der Waals surface area contributed by atoms with Crippen molar-refractivity contribution in [2.45, 2.75) is 0 Å². The molecule has 0 saturated heterocycles. The lowest BCUT2D eigenvalue weighted by atomic mass is 10.3. The van der Waals surface area contributed by atoms with Crippen LogP contribution in [0.2, 0.25) is 0 Å². The van der Waals surface area contributed by atoms with E-state index < -0.39 is 0 Å². The van der Waals surface area contributed by atoms with Gasteiger partial charge in [0.05, 0.1) is 18.1 Å². The molecule has 16 heavy (non-hydrogen) atoms. The molecule has 2 aromatic heterocycles. The molecule has 78 valence electrons. The quantitative estimate of drug-likeness (QED) is 0.701. The topological polar surface area (TPSA) is 59.4 Å². The third-order valence-corrected chi connectivity index (χ3v) is 2.31. The number of nitrogens with one attached hydrogen (secondary N) is 1. The second-order valence-electron chi connectivity index (χ2n) is 3.36. The summed E-state index contributed by atoms with van der Waals surface area (Å²) in [5, 5.41) is 14.6. The van der Waals surface area contributed by atoms with E-state index in [1.165, 1.54) is 0 Å². The van der Waals surface area contributed by atoms with Gasteiger partial charge in [-0.15, -0.1) is 0 Å². The zero-order valence-corrected chi connectivity index (χ0v) is 8.41. The molecule has 0 atom stereocenters. The molecule has 1 aromatic carbocycles. The molecule has 5 nitrogen and oxygen atoms in total. The van der Waals surface area contributed by atoms with Gasteiger partial charge in [-0.25, -0.2) is 4.68 Å². The van der Waals surface area contributed by atoms with E-state index >= 15 is 0 Å². The molecule has 0 radical (unpaired) electrons. The molecule has 0 saturated carbocycles. The van der Waals surface area contributed by atoms with Crippen molar-refractivity contribution in [1.29, 1.82) is 0 Å². The van der Waals surface area contributed by atoms with Crippen LogP contribution in [0.4, 0.5) is 0 Å². The molecular weight excluding hydrogens is 202 g/mol. The van der Waals surface area contributed by atoms with Crippen LogP contribution in [0.3, 0.4) is 0 Å². The SMILES string of the molecule is c1ccc(-n2cc(-c3cn[nH]n3)cn2)cc1. The largest absolute Gasteiger partial charge is 0.240 e. The monoisotopic (exact) mass is 211 g/mol. The second-order valence-corrected chi connectivity index (χ2v) is 3.36. The van der Waals surface area contributed by atoms with E-state index in [4.69, 9.17) is 0 Å². The highest BCUT2D eigenvalue weighted by Crippen LogP contribution is 2.16. The summed E-state index contributed by atoms with van der Waals surface area (Å²) in [5.41, 5.74) is 2.76. The van der Waals surface area contributed by atoms with E-state index in [9.17, 15) is 0 Å². The van der Waals surface area contributed by atoms with Crippen LogP contribution in [-0.4, -0.2) is 25.2 Å². The van der Waals surface area contributed by atoms with Crippen LogP contribution < -0.4 is 0 Å². The third-order valence-electron chi connectivity index (χ3n) is 2.31. The Morgan fingerprint density at radius 2 is 1.94 bits per heavy atom. The minimum absolute atomic E-state index is 0.794. The molecule has 0 spiro atoms. The van der Waals surface area contributed by atoms with Gasteiger partial charge in [0.1, 0.15) is 5.69 Å². The summed E-state index contributed by atoms with van der Waals surface area (Å²) in [6, 6.07) is 9.93. The van der Waals surface area contributed by atoms with Gasteiger partial charge in [0.15, 0.2) is 0 Å². The van der Waals surface area contributed by atoms with Gasteiger partial charge in [-0.3, -0.25) is 0 Å². The van der Waals surface area contributed by atoms with E-state index in [-0.39, 0.29) is 0 Å². The van der Waals surface area contributed by atoms with Crippen LogP contribution in [0.25, 0.3) is 16.9 Å². The Hall–Kier alpha value is -2.43. The number of rotatable bonds is 2. The van der Waals surface area contributed by atoms with Crippen molar-refractivity contribution in [3.05, 3.63) is 48.9 Å². The molecule has 1 N–H and O–H groups in total. The number of nitrogens with zero attached hydrogens (tertiary/aromatic N) is 4. The maximum atomic E-state index is 4.28. The summed E-state index contributed by atoms with van der Waals surface area (Å²) < 4.78 is 1.81. The molecular formula is C11H9N5. The van der Waals surface area contributed by atoms with Crippen LogP contribution in [0.5, 0.6) is 0 Å². The van der Waals surface area contributed by atoms with Crippen molar-refractivity contribution in [2.75, 3.05) is 0 Å². The van der Waals surface area contributed by atoms with Gasteiger partial charge >= 0.3 is 0 Å². The predicted octanol–water partition coefficient (Wildman–Crippen LogP) is 1.66. The van der Waals surface area contributed by atoms with Crippen molar-refractivity contribution < 1.29 is 0 Å². The molecule has 0 aliphatic carbocycles. The molecule has 0 aliphatic heterocycles. The van der Waals surface area contributed by atoms with Gasteiger partial charge < -0.3 is 0 Å². The summed E-state index contributed by atoms with van der Waals surface area (Å²) in [6.45, 7) is 0. The van der Waals surface area contributed by atoms with Crippen molar-refractivity contribution in [3.8, 4) is 16.9 Å². The zero-order valence-electron chi connectivity index (χ0n) is 8.41. The first-order chi connectivity index (χ1) is 7.93. The van der Waals surface area contributed by atoms with Crippen molar-refractivity contribution in [2.24, 2.45) is 0 Å². The summed E-state index contributed by atoms with van der Waals surface area (Å²) in [4.78, 5) is 0. The molecule has 0 amide bonds. The molecule has 0 fully saturated rings. The van der Waals surface area contributed by atoms with E-state index in [0.29, 0.717) is 0 Å². The Balaban J connectivity index is 2.00. The minimum Gasteiger partial charge on any atom is -0.240 e. The first-order valence-corrected chi connectivity index (χ1v) is 4.90. The fourth-order valence-electron chi connectivity index (χ4n) is 1.52. The first kappa shape index (κ1) is 8.84. The standard InChI is InChI=1S/C11H9N5/c1-2-4-10(5-3-1)16-8-9(6-13-16)11-7-12-15-14-11/h1-8H,(H,12,14,15). The molecule has 3 rings (SSSR count). The van der Waals surface area contributed by atoms with E-state index in [1.54, 1.807) is 12.4 Å². The summed E-state index contributed by atoms with van der Waals surface area (Å²) in [5.74, 6) is 0. The Labute approximate surface area is 91.7 Å². The van der Waals surface area contributed by atoms with Crippen LogP contribution in [0, 0.1) is 0 Å². The number of aromatic nitrogens is 5. The number of aromatic amines is 1. The highest BCUT2D eigenvalue weighted by atomic mass is 15.3. The number of hydrogen-bond donors (Lipinski definition) is 1. The van der Waals surface area contributed by atoms with Crippen molar-refractivity contribution in [1.82, 2.24) is 25.2 Å². The summed E-state index contributed by atoms with van der Waals surface area (Å²) >= 11 is 0. The average molecular weight is 211 g/mol. The van der Waals surface area contributed by atoms with Crippen LogP contribution in [0.1, 0.15) is 0 Å².